The van der Waals surface area contributed by atoms with E-state index in [0.29, 0.717) is 0 Å². The number of hydrogen-bond donors (Lipinski definition) is 1. The molecule has 2 heterocycles. The first-order valence-electron chi connectivity index (χ1n) is 6.05. The first-order chi connectivity index (χ1) is 7.59. The number of aromatic amines is 1. The Balaban J connectivity index is 2.31. The molecule has 0 unspecified atom stereocenters. The van der Waals surface area contributed by atoms with Crippen molar-refractivity contribution in [1.82, 2.24) is 4.98 Å². The van der Waals surface area contributed by atoms with Gasteiger partial charge in [-0.05, 0) is 30.0 Å². The van der Waals surface area contributed by atoms with E-state index in [0.717, 1.165) is 12.8 Å². The Morgan fingerprint density at radius 3 is 2.50 bits per heavy atom. The van der Waals surface area contributed by atoms with E-state index in [1.165, 1.54) is 22.5 Å². The fourth-order valence-corrected chi connectivity index (χ4v) is 2.34. The molecule has 0 spiro atoms. The van der Waals surface area contributed by atoms with Gasteiger partial charge < -0.3 is 4.98 Å². The van der Waals surface area contributed by atoms with E-state index in [2.05, 4.69) is 49.9 Å². The largest absolute Gasteiger partial charge is 0.360 e. The third-order valence-corrected chi connectivity index (χ3v) is 3.53. The maximum absolute atomic E-state index is 4.58. The zero-order chi connectivity index (χ0) is 11.8. The number of H-pyrrole nitrogens is 1. The van der Waals surface area contributed by atoms with Crippen molar-refractivity contribution >= 4 is 5.71 Å². The van der Waals surface area contributed by atoms with Crippen molar-refractivity contribution in [3.63, 3.8) is 0 Å². The van der Waals surface area contributed by atoms with Crippen molar-refractivity contribution in [3.05, 3.63) is 35.3 Å². The molecule has 0 fully saturated rings. The summed E-state index contributed by atoms with van der Waals surface area (Å²) in [7, 11) is 0. The van der Waals surface area contributed by atoms with Crippen LogP contribution in [0.25, 0.3) is 0 Å². The highest BCUT2D eigenvalue weighted by atomic mass is 14.8. The van der Waals surface area contributed by atoms with Gasteiger partial charge in [0.1, 0.15) is 0 Å². The number of rotatable bonds is 3. The Morgan fingerprint density at radius 1 is 1.25 bits per heavy atom. The van der Waals surface area contributed by atoms with E-state index < -0.39 is 0 Å². The van der Waals surface area contributed by atoms with Crippen LogP contribution in [-0.4, -0.2) is 10.7 Å². The Labute approximate surface area is 97.5 Å². The predicted octanol–water partition coefficient (Wildman–Crippen LogP) is 3.70. The quantitative estimate of drug-likeness (QED) is 0.798. The van der Waals surface area contributed by atoms with Gasteiger partial charge in [0.05, 0.1) is 11.4 Å². The summed E-state index contributed by atoms with van der Waals surface area (Å²) in [4.78, 5) is 7.92. The summed E-state index contributed by atoms with van der Waals surface area (Å²) in [5.74, 6) is 0. The number of nitrogens with one attached hydrogen (secondary N) is 1. The van der Waals surface area contributed by atoms with Crippen LogP contribution in [0.5, 0.6) is 0 Å². The standard InChI is InChI=1S/C14H20N2/c1-5-10-7-12(15-8-10)13-14(3,4)11(6-2)9-16-13/h7-9,15H,5-6H2,1-4H3. The molecule has 1 aromatic heterocycles. The average Bonchev–Trinajstić information content (AvgIpc) is 2.81. The number of allylic oxidation sites excluding steroid dienone is 1. The molecule has 0 radical (unpaired) electrons. The summed E-state index contributed by atoms with van der Waals surface area (Å²) in [5.41, 5.74) is 5.17. The topological polar surface area (TPSA) is 28.1 Å². The predicted molar refractivity (Wildman–Crippen MR) is 68.9 cm³/mol. The second-order valence-corrected chi connectivity index (χ2v) is 4.89. The maximum Gasteiger partial charge on any atom is 0.0735 e. The lowest BCUT2D eigenvalue weighted by atomic mass is 9.79. The highest BCUT2D eigenvalue weighted by Gasteiger charge is 2.33. The summed E-state index contributed by atoms with van der Waals surface area (Å²) in [6, 6.07) is 2.22. The molecule has 2 heteroatoms. The Morgan fingerprint density at radius 2 is 2.00 bits per heavy atom. The van der Waals surface area contributed by atoms with Gasteiger partial charge in [0.15, 0.2) is 0 Å². The second kappa shape index (κ2) is 3.93. The van der Waals surface area contributed by atoms with Gasteiger partial charge in [-0.2, -0.15) is 0 Å². The summed E-state index contributed by atoms with van der Waals surface area (Å²) in [6.07, 6.45) is 6.25. The van der Waals surface area contributed by atoms with Gasteiger partial charge in [-0.1, -0.05) is 27.7 Å². The van der Waals surface area contributed by atoms with E-state index in [1.54, 1.807) is 0 Å². The molecule has 1 aromatic rings. The monoisotopic (exact) mass is 216 g/mol. The van der Waals surface area contributed by atoms with Crippen molar-refractivity contribution in [2.75, 3.05) is 0 Å². The lowest BCUT2D eigenvalue weighted by Crippen LogP contribution is -2.24. The minimum atomic E-state index is 0.0740. The summed E-state index contributed by atoms with van der Waals surface area (Å²) < 4.78 is 0. The molecule has 0 aliphatic carbocycles. The third kappa shape index (κ3) is 1.62. The Bertz CT molecular complexity index is 447. The molecule has 2 rings (SSSR count). The van der Waals surface area contributed by atoms with Crippen LogP contribution in [0.3, 0.4) is 0 Å². The van der Waals surface area contributed by atoms with Crippen LogP contribution in [0.1, 0.15) is 45.4 Å². The van der Waals surface area contributed by atoms with Crippen LogP contribution in [-0.2, 0) is 6.42 Å². The Hall–Kier alpha value is -1.31. The van der Waals surface area contributed by atoms with Crippen molar-refractivity contribution in [3.8, 4) is 0 Å². The number of aryl methyl sites for hydroxylation is 1. The zero-order valence-corrected chi connectivity index (χ0v) is 10.6. The summed E-state index contributed by atoms with van der Waals surface area (Å²) >= 11 is 0. The average molecular weight is 216 g/mol. The minimum Gasteiger partial charge on any atom is -0.360 e. The van der Waals surface area contributed by atoms with E-state index in [-0.39, 0.29) is 5.41 Å². The van der Waals surface area contributed by atoms with Crippen molar-refractivity contribution < 1.29 is 0 Å². The lowest BCUT2D eigenvalue weighted by Gasteiger charge is -2.23. The van der Waals surface area contributed by atoms with Gasteiger partial charge in [0, 0.05) is 17.8 Å². The molecule has 1 aliphatic heterocycles. The van der Waals surface area contributed by atoms with Crippen LogP contribution < -0.4 is 0 Å². The first kappa shape index (κ1) is 11.2. The molecular weight excluding hydrogens is 196 g/mol. The van der Waals surface area contributed by atoms with Crippen LogP contribution >= 0.6 is 0 Å². The minimum absolute atomic E-state index is 0.0740. The summed E-state index contributed by atoms with van der Waals surface area (Å²) in [5, 5.41) is 0. The molecule has 0 saturated heterocycles. The van der Waals surface area contributed by atoms with Crippen LogP contribution in [0.15, 0.2) is 29.0 Å². The van der Waals surface area contributed by atoms with E-state index in [9.17, 15) is 0 Å². The highest BCUT2D eigenvalue weighted by Crippen LogP contribution is 2.37. The number of nitrogens with zero attached hydrogens (tertiary/aromatic N) is 1. The SMILES string of the molecule is CCC1=CN=C(c2cc(CC)c[nH]2)C1(C)C. The van der Waals surface area contributed by atoms with Gasteiger partial charge in [-0.15, -0.1) is 0 Å². The molecule has 0 bridgehead atoms. The first-order valence-corrected chi connectivity index (χ1v) is 6.05. The number of aromatic nitrogens is 1. The van der Waals surface area contributed by atoms with E-state index in [4.69, 9.17) is 0 Å². The van der Waals surface area contributed by atoms with Gasteiger partial charge in [0.2, 0.25) is 0 Å². The number of aliphatic imine (C=N–C) groups is 1. The van der Waals surface area contributed by atoms with Gasteiger partial charge in [0.25, 0.3) is 0 Å². The fourth-order valence-electron chi connectivity index (χ4n) is 2.34. The molecular formula is C14H20N2. The number of hydrogen-bond acceptors (Lipinski definition) is 1. The maximum atomic E-state index is 4.58. The fraction of sp³-hybridized carbons (Fsp3) is 0.500. The van der Waals surface area contributed by atoms with Crippen LogP contribution in [0, 0.1) is 5.41 Å². The zero-order valence-electron chi connectivity index (χ0n) is 10.6. The van der Waals surface area contributed by atoms with E-state index in [1.807, 2.05) is 6.20 Å². The smallest absolute Gasteiger partial charge is 0.0735 e. The highest BCUT2D eigenvalue weighted by molar-refractivity contribution is 6.06. The molecule has 16 heavy (non-hydrogen) atoms. The molecule has 86 valence electrons. The van der Waals surface area contributed by atoms with Crippen molar-refractivity contribution in [1.29, 1.82) is 0 Å². The Kier molecular flexibility index (Phi) is 2.75. The normalized spacial score (nSPS) is 18.5. The van der Waals surface area contributed by atoms with Crippen LogP contribution in [0.2, 0.25) is 0 Å². The molecule has 1 aliphatic rings. The molecule has 0 saturated carbocycles. The van der Waals surface area contributed by atoms with Crippen molar-refractivity contribution in [2.45, 2.75) is 40.5 Å². The van der Waals surface area contributed by atoms with E-state index >= 15 is 0 Å². The molecule has 0 aromatic carbocycles. The molecule has 2 nitrogen and oxygen atoms in total. The van der Waals surface area contributed by atoms with Gasteiger partial charge in [-0.25, -0.2) is 0 Å². The molecule has 0 atom stereocenters. The van der Waals surface area contributed by atoms with Crippen LogP contribution in [0.4, 0.5) is 0 Å². The van der Waals surface area contributed by atoms with Crippen molar-refractivity contribution in [2.24, 2.45) is 10.4 Å². The third-order valence-electron chi connectivity index (χ3n) is 3.53. The van der Waals surface area contributed by atoms with Gasteiger partial charge in [-0.3, -0.25) is 4.99 Å². The second-order valence-electron chi connectivity index (χ2n) is 4.89. The van der Waals surface area contributed by atoms with Gasteiger partial charge >= 0.3 is 0 Å². The molecule has 1 N–H and O–H groups in total. The molecule has 0 amide bonds. The summed E-state index contributed by atoms with van der Waals surface area (Å²) in [6.45, 7) is 8.86. The lowest BCUT2D eigenvalue weighted by molar-refractivity contribution is 0.616.